The van der Waals surface area contributed by atoms with E-state index in [0.717, 1.165) is 66.7 Å². The number of amides is 1. The van der Waals surface area contributed by atoms with E-state index in [9.17, 15) is 9.18 Å². The van der Waals surface area contributed by atoms with Gasteiger partial charge in [0.2, 0.25) is 5.91 Å². The van der Waals surface area contributed by atoms with Crippen LogP contribution >= 0.6 is 0 Å². The quantitative estimate of drug-likeness (QED) is 0.401. The largest absolute Gasteiger partial charge is 0.382 e. The molecule has 1 saturated heterocycles. The summed E-state index contributed by atoms with van der Waals surface area (Å²) in [5.74, 6) is 0.0478. The van der Waals surface area contributed by atoms with Crippen molar-refractivity contribution in [2.24, 2.45) is 0 Å². The van der Waals surface area contributed by atoms with Crippen LogP contribution in [0.25, 0.3) is 22.2 Å². The van der Waals surface area contributed by atoms with Gasteiger partial charge in [-0.25, -0.2) is 14.1 Å². The molecular weight excluding hydrogens is 455 g/mol. The molecule has 1 aliphatic heterocycles. The fourth-order valence-corrected chi connectivity index (χ4v) is 5.31. The molecule has 7 nitrogen and oxygen atoms in total. The Balaban J connectivity index is 1.21. The summed E-state index contributed by atoms with van der Waals surface area (Å²) in [5.41, 5.74) is 9.85. The summed E-state index contributed by atoms with van der Waals surface area (Å²) >= 11 is 0. The number of nitrogen functional groups attached to an aromatic ring is 1. The lowest BCUT2D eigenvalue weighted by molar-refractivity contribution is -0.118. The van der Waals surface area contributed by atoms with Crippen LogP contribution in [-0.4, -0.2) is 45.2 Å². The van der Waals surface area contributed by atoms with Gasteiger partial charge in [-0.2, -0.15) is 5.10 Å². The Bertz CT molecular complexity index is 1420. The third kappa shape index (κ3) is 4.11. The second-order valence-corrected chi connectivity index (χ2v) is 9.84. The molecule has 2 aromatic carbocycles. The first-order chi connectivity index (χ1) is 17.5. The highest BCUT2D eigenvalue weighted by Gasteiger charge is 2.51. The van der Waals surface area contributed by atoms with E-state index in [1.807, 2.05) is 41.1 Å². The fraction of sp³-hybridized carbons (Fsp3) is 0.321. The number of hydrogen-bond donors (Lipinski definition) is 2. The van der Waals surface area contributed by atoms with Crippen LogP contribution in [0.4, 0.5) is 15.9 Å². The number of nitrogens with zero attached hydrogens (tertiary/aromatic N) is 4. The molecule has 184 valence electrons. The minimum Gasteiger partial charge on any atom is -0.382 e. The number of hydrogen-bond acceptors (Lipinski definition) is 5. The zero-order valence-electron chi connectivity index (χ0n) is 20.1. The topological polar surface area (TPSA) is 89.1 Å². The van der Waals surface area contributed by atoms with E-state index in [1.54, 1.807) is 12.3 Å². The number of rotatable bonds is 7. The van der Waals surface area contributed by atoms with E-state index in [-0.39, 0.29) is 11.7 Å². The van der Waals surface area contributed by atoms with E-state index in [2.05, 4.69) is 20.3 Å². The molecule has 3 heterocycles. The average molecular weight is 485 g/mol. The lowest BCUT2D eigenvalue weighted by atomic mass is 9.94. The molecular formula is C28H29FN6O. The van der Waals surface area contributed by atoms with Crippen molar-refractivity contribution < 1.29 is 9.18 Å². The van der Waals surface area contributed by atoms with Gasteiger partial charge >= 0.3 is 0 Å². The Morgan fingerprint density at radius 3 is 2.56 bits per heavy atom. The molecule has 0 radical (unpaired) electrons. The Kier molecular flexibility index (Phi) is 5.68. The van der Waals surface area contributed by atoms with Gasteiger partial charge in [0.05, 0.1) is 17.3 Å². The summed E-state index contributed by atoms with van der Waals surface area (Å²) < 4.78 is 15.6. The number of likely N-dealkylation sites (tertiary alicyclic amines) is 1. The van der Waals surface area contributed by atoms with Gasteiger partial charge in [-0.3, -0.25) is 4.79 Å². The van der Waals surface area contributed by atoms with Gasteiger partial charge in [0.1, 0.15) is 5.82 Å². The van der Waals surface area contributed by atoms with Crippen LogP contribution in [0.15, 0.2) is 60.8 Å². The number of anilines is 2. The maximum atomic E-state index is 13.7. The molecule has 0 bridgehead atoms. The molecule has 3 N–H and O–H groups in total. The van der Waals surface area contributed by atoms with Crippen molar-refractivity contribution in [3.8, 4) is 11.1 Å². The second kappa shape index (κ2) is 9.02. The lowest BCUT2D eigenvalue weighted by Crippen LogP contribution is -2.27. The zero-order chi connectivity index (χ0) is 24.7. The highest BCUT2D eigenvalue weighted by atomic mass is 19.1. The molecule has 0 atom stereocenters. The van der Waals surface area contributed by atoms with Gasteiger partial charge in [0.25, 0.3) is 0 Å². The van der Waals surface area contributed by atoms with Crippen LogP contribution in [0.5, 0.6) is 0 Å². The molecule has 4 aromatic rings. The third-order valence-corrected chi connectivity index (χ3v) is 7.50. The number of carbonyl (C=O) groups excluding carboxylic acids is 1. The van der Waals surface area contributed by atoms with Crippen LogP contribution in [0.2, 0.25) is 0 Å². The van der Waals surface area contributed by atoms with Gasteiger partial charge in [-0.15, -0.1) is 0 Å². The summed E-state index contributed by atoms with van der Waals surface area (Å²) in [6.45, 7) is 3.97. The molecule has 2 aliphatic rings. The molecule has 2 aromatic heterocycles. The predicted molar refractivity (Wildman–Crippen MR) is 139 cm³/mol. The number of fused-ring (bicyclic) bond motifs is 1. The number of nitrogens with two attached hydrogens (primary N) is 1. The van der Waals surface area contributed by atoms with Gasteiger partial charge in [-0.05, 0) is 85.8 Å². The van der Waals surface area contributed by atoms with Crippen LogP contribution in [0.1, 0.15) is 31.2 Å². The number of nitrogens with one attached hydrogen (secondary N) is 1. The van der Waals surface area contributed by atoms with Crippen molar-refractivity contribution in [1.82, 2.24) is 19.7 Å². The van der Waals surface area contributed by atoms with Crippen molar-refractivity contribution in [2.45, 2.75) is 37.6 Å². The van der Waals surface area contributed by atoms with E-state index in [1.165, 1.54) is 25.0 Å². The van der Waals surface area contributed by atoms with E-state index >= 15 is 0 Å². The SMILES string of the molecule is Nc1nn(CCN2CCCC2)c2nccc(-c3ccc(NC(=O)C4(c5cccc(F)c5)CC4)cc3)c12. The van der Waals surface area contributed by atoms with Crippen molar-refractivity contribution >= 4 is 28.4 Å². The Labute approximate surface area is 209 Å². The zero-order valence-corrected chi connectivity index (χ0v) is 20.1. The monoisotopic (exact) mass is 484 g/mol. The minimum absolute atomic E-state index is 0.101. The van der Waals surface area contributed by atoms with Crippen LogP contribution in [-0.2, 0) is 16.8 Å². The number of carbonyl (C=O) groups is 1. The molecule has 0 spiro atoms. The minimum atomic E-state index is -0.643. The van der Waals surface area contributed by atoms with E-state index in [4.69, 9.17) is 5.73 Å². The van der Waals surface area contributed by atoms with Crippen LogP contribution in [0, 0.1) is 5.82 Å². The highest BCUT2D eigenvalue weighted by molar-refractivity contribution is 6.02. The van der Waals surface area contributed by atoms with Crippen LogP contribution in [0.3, 0.4) is 0 Å². The first-order valence-electron chi connectivity index (χ1n) is 12.5. The summed E-state index contributed by atoms with van der Waals surface area (Å²) in [4.78, 5) is 20.1. The van der Waals surface area contributed by atoms with E-state index < -0.39 is 5.41 Å². The van der Waals surface area contributed by atoms with Crippen molar-refractivity contribution in [3.63, 3.8) is 0 Å². The smallest absolute Gasteiger partial charge is 0.235 e. The van der Waals surface area contributed by atoms with Crippen molar-refractivity contribution in [2.75, 3.05) is 30.7 Å². The Morgan fingerprint density at radius 1 is 1.06 bits per heavy atom. The van der Waals surface area contributed by atoms with Crippen LogP contribution < -0.4 is 11.1 Å². The number of pyridine rings is 1. The molecule has 8 heteroatoms. The van der Waals surface area contributed by atoms with Crippen molar-refractivity contribution in [3.05, 3.63) is 72.2 Å². The highest BCUT2D eigenvalue weighted by Crippen LogP contribution is 2.49. The normalized spacial score (nSPS) is 16.9. The first-order valence-corrected chi connectivity index (χ1v) is 12.5. The third-order valence-electron chi connectivity index (χ3n) is 7.50. The van der Waals surface area contributed by atoms with Crippen molar-refractivity contribution in [1.29, 1.82) is 0 Å². The first kappa shape index (κ1) is 22.7. The Hall–Kier alpha value is -3.78. The van der Waals surface area contributed by atoms with Gasteiger partial charge < -0.3 is 16.0 Å². The molecule has 36 heavy (non-hydrogen) atoms. The predicted octanol–water partition coefficient (Wildman–Crippen LogP) is 4.59. The lowest BCUT2D eigenvalue weighted by Gasteiger charge is -2.16. The molecule has 1 aliphatic carbocycles. The standard InChI is InChI=1S/C28H29FN6O/c29-21-5-3-4-20(18-21)28(11-12-28)27(36)32-22-8-6-19(7-9-22)23-10-13-31-26-24(23)25(30)33-35(26)17-16-34-14-1-2-15-34/h3-10,13,18H,1-2,11-12,14-17H2,(H2,30,33)(H,32,36). The number of benzene rings is 2. The number of aromatic nitrogens is 3. The maximum Gasteiger partial charge on any atom is 0.235 e. The molecule has 0 unspecified atom stereocenters. The van der Waals surface area contributed by atoms with Gasteiger partial charge in [0.15, 0.2) is 11.5 Å². The molecule has 2 fully saturated rings. The maximum absolute atomic E-state index is 13.7. The summed E-state index contributed by atoms with van der Waals surface area (Å²) in [6.07, 6.45) is 5.74. The summed E-state index contributed by atoms with van der Waals surface area (Å²) in [6, 6.07) is 16.0. The number of halogens is 1. The Morgan fingerprint density at radius 2 is 1.83 bits per heavy atom. The molecule has 1 amide bonds. The summed E-state index contributed by atoms with van der Waals surface area (Å²) in [7, 11) is 0. The average Bonchev–Trinajstić information content (AvgIpc) is 3.42. The molecule has 6 rings (SSSR count). The molecule has 1 saturated carbocycles. The van der Waals surface area contributed by atoms with Gasteiger partial charge in [0, 0.05) is 18.4 Å². The fourth-order valence-electron chi connectivity index (χ4n) is 5.31. The van der Waals surface area contributed by atoms with Gasteiger partial charge in [-0.1, -0.05) is 24.3 Å². The second-order valence-electron chi connectivity index (χ2n) is 9.84. The summed E-state index contributed by atoms with van der Waals surface area (Å²) in [5, 5.41) is 8.45. The van der Waals surface area contributed by atoms with E-state index in [0.29, 0.717) is 11.5 Å².